The zero-order valence-corrected chi connectivity index (χ0v) is 12.9. The summed E-state index contributed by atoms with van der Waals surface area (Å²) in [6, 6.07) is 16.9. The Bertz CT molecular complexity index is 667. The summed E-state index contributed by atoms with van der Waals surface area (Å²) in [5.74, 6) is 0.0191. The molecule has 21 heavy (non-hydrogen) atoms. The lowest BCUT2D eigenvalue weighted by molar-refractivity contribution is 0.466. The Morgan fingerprint density at radius 2 is 1.48 bits per heavy atom. The van der Waals surface area contributed by atoms with Crippen molar-refractivity contribution in [2.24, 2.45) is 5.73 Å². The summed E-state index contributed by atoms with van der Waals surface area (Å²) in [6.45, 7) is 0.850. The molecule has 0 aliphatic heterocycles. The average molecular weight is 304 g/mol. The summed E-state index contributed by atoms with van der Waals surface area (Å²) in [5, 5.41) is 0. The van der Waals surface area contributed by atoms with Crippen LogP contribution in [0.4, 0.5) is 0 Å². The highest BCUT2D eigenvalue weighted by Gasteiger charge is 2.18. The molecule has 0 fully saturated rings. The van der Waals surface area contributed by atoms with E-state index in [4.69, 9.17) is 5.73 Å². The normalized spacial score (nSPS) is 11.8. The van der Waals surface area contributed by atoms with Crippen LogP contribution in [0.1, 0.15) is 16.7 Å². The molecule has 5 heteroatoms. The first-order valence-corrected chi connectivity index (χ1v) is 8.38. The van der Waals surface area contributed by atoms with Crippen molar-refractivity contribution < 1.29 is 8.42 Å². The van der Waals surface area contributed by atoms with Gasteiger partial charge in [-0.2, -0.15) is 0 Å². The second-order valence-corrected chi connectivity index (χ2v) is 7.09. The van der Waals surface area contributed by atoms with E-state index in [1.54, 1.807) is 7.05 Å². The molecule has 0 heterocycles. The molecule has 0 spiro atoms. The van der Waals surface area contributed by atoms with E-state index in [0.717, 1.165) is 16.7 Å². The standard InChI is InChI=1S/C16H20N2O2S/c1-18(12-15-9-7-14(11-17)8-10-15)21(19,20)13-16-5-3-2-4-6-16/h2-10H,11-13,17H2,1H3. The smallest absolute Gasteiger partial charge is 0.218 e. The number of hydrogen-bond donors (Lipinski definition) is 1. The molecular formula is C16H20N2O2S. The zero-order valence-electron chi connectivity index (χ0n) is 12.1. The van der Waals surface area contributed by atoms with Gasteiger partial charge in [0.15, 0.2) is 0 Å². The quantitative estimate of drug-likeness (QED) is 0.889. The molecule has 2 aromatic carbocycles. The summed E-state index contributed by atoms with van der Waals surface area (Å²) in [4.78, 5) is 0. The first-order chi connectivity index (χ1) is 10.0. The van der Waals surface area contributed by atoms with Crippen molar-refractivity contribution in [1.82, 2.24) is 4.31 Å². The Kier molecular flexibility index (Phi) is 5.12. The van der Waals surface area contributed by atoms with Crippen LogP contribution in [0.25, 0.3) is 0 Å². The Hall–Kier alpha value is -1.69. The van der Waals surface area contributed by atoms with E-state index in [1.807, 2.05) is 54.6 Å². The van der Waals surface area contributed by atoms with Crippen molar-refractivity contribution in [3.63, 3.8) is 0 Å². The molecule has 0 atom stereocenters. The zero-order chi connectivity index (χ0) is 15.3. The summed E-state index contributed by atoms with van der Waals surface area (Å²) in [6.07, 6.45) is 0. The van der Waals surface area contributed by atoms with E-state index < -0.39 is 10.0 Å². The fourth-order valence-electron chi connectivity index (χ4n) is 2.03. The van der Waals surface area contributed by atoms with E-state index in [-0.39, 0.29) is 5.75 Å². The molecule has 0 saturated heterocycles. The topological polar surface area (TPSA) is 63.4 Å². The Morgan fingerprint density at radius 3 is 2.05 bits per heavy atom. The molecule has 2 rings (SSSR count). The molecule has 0 amide bonds. The first-order valence-electron chi connectivity index (χ1n) is 6.77. The second-order valence-electron chi connectivity index (χ2n) is 5.02. The number of hydrogen-bond acceptors (Lipinski definition) is 3. The van der Waals surface area contributed by atoms with Crippen LogP contribution in [0, 0.1) is 0 Å². The van der Waals surface area contributed by atoms with E-state index in [1.165, 1.54) is 4.31 Å². The fraction of sp³-hybridized carbons (Fsp3) is 0.250. The average Bonchev–Trinajstić information content (AvgIpc) is 2.48. The fourth-order valence-corrected chi connectivity index (χ4v) is 3.21. The van der Waals surface area contributed by atoms with Crippen LogP contribution in [0.5, 0.6) is 0 Å². The molecule has 0 aliphatic carbocycles. The van der Waals surface area contributed by atoms with Crippen molar-refractivity contribution >= 4 is 10.0 Å². The van der Waals surface area contributed by atoms with Gasteiger partial charge in [-0.15, -0.1) is 0 Å². The Morgan fingerprint density at radius 1 is 0.905 bits per heavy atom. The van der Waals surface area contributed by atoms with E-state index in [2.05, 4.69) is 0 Å². The van der Waals surface area contributed by atoms with Gasteiger partial charge in [-0.25, -0.2) is 12.7 Å². The third-order valence-electron chi connectivity index (χ3n) is 3.33. The number of nitrogens with two attached hydrogens (primary N) is 1. The lowest BCUT2D eigenvalue weighted by Crippen LogP contribution is -2.27. The van der Waals surface area contributed by atoms with E-state index in [0.29, 0.717) is 13.1 Å². The molecule has 112 valence electrons. The van der Waals surface area contributed by atoms with E-state index in [9.17, 15) is 8.42 Å². The predicted molar refractivity (Wildman–Crippen MR) is 84.9 cm³/mol. The molecule has 4 nitrogen and oxygen atoms in total. The lowest BCUT2D eigenvalue weighted by Gasteiger charge is -2.17. The monoisotopic (exact) mass is 304 g/mol. The van der Waals surface area contributed by atoms with Crippen molar-refractivity contribution in [2.75, 3.05) is 7.05 Å². The van der Waals surface area contributed by atoms with Gasteiger partial charge in [-0.1, -0.05) is 54.6 Å². The molecule has 2 N–H and O–H groups in total. The van der Waals surface area contributed by atoms with Gasteiger partial charge in [0.05, 0.1) is 5.75 Å². The maximum absolute atomic E-state index is 12.3. The van der Waals surface area contributed by atoms with Gasteiger partial charge < -0.3 is 5.73 Å². The first kappa shape index (κ1) is 15.7. The van der Waals surface area contributed by atoms with Crippen LogP contribution in [-0.4, -0.2) is 19.8 Å². The van der Waals surface area contributed by atoms with Crippen molar-refractivity contribution in [1.29, 1.82) is 0 Å². The van der Waals surface area contributed by atoms with Crippen molar-refractivity contribution in [3.8, 4) is 0 Å². The van der Waals surface area contributed by atoms with Gasteiger partial charge in [0.1, 0.15) is 0 Å². The highest BCUT2D eigenvalue weighted by molar-refractivity contribution is 7.88. The van der Waals surface area contributed by atoms with Gasteiger partial charge in [-0.05, 0) is 16.7 Å². The molecule has 0 saturated carbocycles. The molecule has 0 aromatic heterocycles. The highest BCUT2D eigenvalue weighted by Crippen LogP contribution is 2.13. The van der Waals surface area contributed by atoms with E-state index >= 15 is 0 Å². The number of nitrogens with zero attached hydrogens (tertiary/aromatic N) is 1. The van der Waals surface area contributed by atoms with Crippen molar-refractivity contribution in [2.45, 2.75) is 18.8 Å². The minimum absolute atomic E-state index is 0.0191. The van der Waals surface area contributed by atoms with Gasteiger partial charge >= 0.3 is 0 Å². The number of rotatable bonds is 6. The van der Waals surface area contributed by atoms with Gasteiger partial charge in [0.25, 0.3) is 0 Å². The van der Waals surface area contributed by atoms with Crippen LogP contribution in [0.15, 0.2) is 54.6 Å². The molecule has 0 bridgehead atoms. The summed E-state index contributed by atoms with van der Waals surface area (Å²) >= 11 is 0. The van der Waals surface area contributed by atoms with Crippen LogP contribution >= 0.6 is 0 Å². The molecule has 0 unspecified atom stereocenters. The van der Waals surface area contributed by atoms with Gasteiger partial charge in [-0.3, -0.25) is 0 Å². The third-order valence-corrected chi connectivity index (χ3v) is 5.11. The number of benzene rings is 2. The minimum Gasteiger partial charge on any atom is -0.326 e. The lowest BCUT2D eigenvalue weighted by atomic mass is 10.1. The van der Waals surface area contributed by atoms with Crippen LogP contribution in [0.3, 0.4) is 0 Å². The van der Waals surface area contributed by atoms with Gasteiger partial charge in [0.2, 0.25) is 10.0 Å². The molecule has 0 radical (unpaired) electrons. The summed E-state index contributed by atoms with van der Waals surface area (Å²) in [5.41, 5.74) is 8.33. The Balaban J connectivity index is 2.05. The largest absolute Gasteiger partial charge is 0.326 e. The second kappa shape index (κ2) is 6.85. The third kappa shape index (κ3) is 4.39. The molecule has 2 aromatic rings. The summed E-state index contributed by atoms with van der Waals surface area (Å²) in [7, 11) is -1.71. The Labute approximate surface area is 126 Å². The van der Waals surface area contributed by atoms with Crippen LogP contribution < -0.4 is 5.73 Å². The van der Waals surface area contributed by atoms with Crippen molar-refractivity contribution in [3.05, 3.63) is 71.3 Å². The SMILES string of the molecule is CN(Cc1ccc(CN)cc1)S(=O)(=O)Cc1ccccc1. The summed E-state index contributed by atoms with van der Waals surface area (Å²) < 4.78 is 26.1. The molecule has 0 aliphatic rings. The minimum atomic E-state index is -3.32. The molecular weight excluding hydrogens is 284 g/mol. The number of sulfonamides is 1. The maximum atomic E-state index is 12.3. The maximum Gasteiger partial charge on any atom is 0.218 e. The van der Waals surface area contributed by atoms with Gasteiger partial charge in [0, 0.05) is 20.1 Å². The highest BCUT2D eigenvalue weighted by atomic mass is 32.2. The predicted octanol–water partition coefficient (Wildman–Crippen LogP) is 2.11. The van der Waals surface area contributed by atoms with Crippen LogP contribution in [-0.2, 0) is 28.9 Å². The van der Waals surface area contributed by atoms with Crippen LogP contribution in [0.2, 0.25) is 0 Å².